The number of carbonyl (C=O) groups excluding carboxylic acids is 2. The van der Waals surface area contributed by atoms with Crippen molar-refractivity contribution in [2.24, 2.45) is 0 Å². The Bertz CT molecular complexity index is 803. The average Bonchev–Trinajstić information content (AvgIpc) is 2.73. The number of amides is 1. The van der Waals surface area contributed by atoms with Gasteiger partial charge in [0, 0.05) is 19.0 Å². The van der Waals surface area contributed by atoms with E-state index in [2.05, 4.69) is 36.2 Å². The summed E-state index contributed by atoms with van der Waals surface area (Å²) < 4.78 is 5.37. The number of rotatable bonds is 8. The van der Waals surface area contributed by atoms with E-state index in [9.17, 15) is 9.59 Å². The molecule has 148 valence electrons. The Balaban J connectivity index is 1.64. The van der Waals surface area contributed by atoms with Gasteiger partial charge in [-0.2, -0.15) is 0 Å². The summed E-state index contributed by atoms with van der Waals surface area (Å²) in [5.41, 5.74) is 2.66. The van der Waals surface area contributed by atoms with Crippen LogP contribution in [0.3, 0.4) is 0 Å². The van der Waals surface area contributed by atoms with Gasteiger partial charge >= 0.3 is 5.97 Å². The molecule has 0 aromatic heterocycles. The molecule has 2 atom stereocenters. The minimum atomic E-state index is -0.767. The zero-order valence-electron chi connectivity index (χ0n) is 16.6. The van der Waals surface area contributed by atoms with Crippen LogP contribution in [0.4, 0.5) is 0 Å². The normalized spacial score (nSPS) is 17.0. The van der Waals surface area contributed by atoms with Crippen LogP contribution in [-0.4, -0.2) is 48.6 Å². The number of esters is 1. The molecule has 0 bridgehead atoms. The average molecular weight is 380 g/mol. The molecular weight excluding hydrogens is 352 g/mol. The van der Waals surface area contributed by atoms with Gasteiger partial charge in [-0.3, -0.25) is 9.69 Å². The van der Waals surface area contributed by atoms with Crippen LogP contribution in [0.25, 0.3) is 0 Å². The largest absolute Gasteiger partial charge is 0.448 e. The monoisotopic (exact) mass is 380 g/mol. The first-order valence-electron chi connectivity index (χ1n) is 9.97. The fraction of sp³-hybridized carbons (Fsp3) is 0.391. The predicted octanol–water partition coefficient (Wildman–Crippen LogP) is 2.84. The quantitative estimate of drug-likeness (QED) is 0.716. The van der Waals surface area contributed by atoms with Gasteiger partial charge in [-0.05, 0) is 36.7 Å². The van der Waals surface area contributed by atoms with E-state index in [1.807, 2.05) is 30.3 Å². The van der Waals surface area contributed by atoms with Crippen molar-refractivity contribution >= 4 is 11.9 Å². The fourth-order valence-electron chi connectivity index (χ4n) is 3.77. The van der Waals surface area contributed by atoms with Crippen molar-refractivity contribution < 1.29 is 14.3 Å². The second kappa shape index (κ2) is 9.51. The molecule has 1 aliphatic rings. The number of hydrogen-bond acceptors (Lipinski definition) is 4. The molecule has 3 rings (SSSR count). The number of nitrogens with one attached hydrogen (secondary N) is 1. The molecule has 0 spiro atoms. The van der Waals surface area contributed by atoms with Gasteiger partial charge < -0.3 is 10.1 Å². The Morgan fingerprint density at radius 3 is 2.50 bits per heavy atom. The lowest BCUT2D eigenvalue weighted by Crippen LogP contribution is -2.49. The molecule has 28 heavy (non-hydrogen) atoms. The van der Waals surface area contributed by atoms with Crippen LogP contribution < -0.4 is 5.32 Å². The summed E-state index contributed by atoms with van der Waals surface area (Å²) in [7, 11) is 0. The minimum Gasteiger partial charge on any atom is -0.448 e. The summed E-state index contributed by atoms with van der Waals surface area (Å²) in [6.45, 7) is 6.60. The minimum absolute atomic E-state index is 0.188. The zero-order valence-corrected chi connectivity index (χ0v) is 16.6. The van der Waals surface area contributed by atoms with E-state index in [0.29, 0.717) is 18.5 Å². The van der Waals surface area contributed by atoms with Crippen molar-refractivity contribution in [1.82, 2.24) is 10.2 Å². The Kier molecular flexibility index (Phi) is 6.82. The smallest absolute Gasteiger partial charge is 0.339 e. The third-order valence-electron chi connectivity index (χ3n) is 5.34. The first-order valence-corrected chi connectivity index (χ1v) is 9.97. The van der Waals surface area contributed by atoms with Crippen molar-refractivity contribution in [3.8, 4) is 0 Å². The molecule has 1 N–H and O–H groups in total. The lowest BCUT2D eigenvalue weighted by atomic mass is 9.98. The molecule has 0 aliphatic carbocycles. The molecule has 5 heteroatoms. The first kappa shape index (κ1) is 20.1. The third kappa shape index (κ3) is 4.78. The summed E-state index contributed by atoms with van der Waals surface area (Å²) in [6, 6.07) is 17.8. The van der Waals surface area contributed by atoms with Crippen molar-refractivity contribution in [3.63, 3.8) is 0 Å². The number of hydrogen-bond donors (Lipinski definition) is 1. The standard InChI is InChI=1S/C23H28N2O3/c1-3-25(4-2)19(14-17-10-6-5-7-11-17)16-24-22(26)21-15-18-12-8-9-13-20(18)23(27)28-21/h5-13,19,21H,3-4,14-16H2,1-2H3,(H,24,26). The van der Waals surface area contributed by atoms with E-state index < -0.39 is 12.1 Å². The highest BCUT2D eigenvalue weighted by Gasteiger charge is 2.31. The molecule has 0 saturated carbocycles. The maximum absolute atomic E-state index is 12.7. The maximum atomic E-state index is 12.7. The lowest BCUT2D eigenvalue weighted by molar-refractivity contribution is -0.130. The van der Waals surface area contributed by atoms with Gasteiger partial charge in [-0.15, -0.1) is 0 Å². The lowest BCUT2D eigenvalue weighted by Gasteiger charge is -2.31. The summed E-state index contributed by atoms with van der Waals surface area (Å²) in [5, 5.41) is 3.02. The van der Waals surface area contributed by atoms with Gasteiger partial charge in [0.05, 0.1) is 5.56 Å². The molecule has 2 aromatic rings. The van der Waals surface area contributed by atoms with Crippen molar-refractivity contribution in [1.29, 1.82) is 0 Å². The molecule has 0 fully saturated rings. The number of likely N-dealkylation sites (N-methyl/N-ethyl adjacent to an activating group) is 1. The second-order valence-electron chi connectivity index (χ2n) is 7.07. The Hall–Kier alpha value is -2.66. The topological polar surface area (TPSA) is 58.6 Å². The van der Waals surface area contributed by atoms with Crippen LogP contribution in [-0.2, 0) is 22.4 Å². The molecule has 0 saturated heterocycles. The second-order valence-corrected chi connectivity index (χ2v) is 7.07. The van der Waals surface area contributed by atoms with Gasteiger partial charge in [0.2, 0.25) is 0 Å². The van der Waals surface area contributed by atoms with E-state index in [-0.39, 0.29) is 11.9 Å². The summed E-state index contributed by atoms with van der Waals surface area (Å²) in [4.78, 5) is 27.2. The zero-order chi connectivity index (χ0) is 19.9. The molecule has 2 unspecified atom stereocenters. The van der Waals surface area contributed by atoms with Crippen LogP contribution in [0.15, 0.2) is 54.6 Å². The SMILES string of the molecule is CCN(CC)C(CNC(=O)C1Cc2ccccc2C(=O)O1)Cc1ccccc1. The van der Waals surface area contributed by atoms with E-state index in [1.54, 1.807) is 12.1 Å². The van der Waals surface area contributed by atoms with Crippen LogP contribution in [0.2, 0.25) is 0 Å². The molecular formula is C23H28N2O3. The van der Waals surface area contributed by atoms with Crippen molar-refractivity contribution in [3.05, 3.63) is 71.3 Å². The van der Waals surface area contributed by atoms with Crippen molar-refractivity contribution in [2.45, 2.75) is 38.8 Å². The Morgan fingerprint density at radius 2 is 1.79 bits per heavy atom. The van der Waals surface area contributed by atoms with Crippen LogP contribution in [0, 0.1) is 0 Å². The molecule has 1 amide bonds. The number of nitrogens with zero attached hydrogens (tertiary/aromatic N) is 1. The van der Waals surface area contributed by atoms with Crippen LogP contribution in [0.1, 0.15) is 35.3 Å². The summed E-state index contributed by atoms with van der Waals surface area (Å²) in [5.74, 6) is -0.653. The van der Waals surface area contributed by atoms with E-state index in [0.717, 1.165) is 25.1 Å². The van der Waals surface area contributed by atoms with Crippen LogP contribution in [0.5, 0.6) is 0 Å². The van der Waals surface area contributed by atoms with E-state index in [1.165, 1.54) is 5.56 Å². The highest BCUT2D eigenvalue weighted by molar-refractivity contribution is 5.95. The molecule has 5 nitrogen and oxygen atoms in total. The summed E-state index contributed by atoms with van der Waals surface area (Å²) >= 11 is 0. The molecule has 1 aliphatic heterocycles. The Labute approximate surface area is 166 Å². The number of fused-ring (bicyclic) bond motifs is 1. The maximum Gasteiger partial charge on any atom is 0.339 e. The Morgan fingerprint density at radius 1 is 1.11 bits per heavy atom. The number of cyclic esters (lactones) is 1. The number of ether oxygens (including phenoxy) is 1. The predicted molar refractivity (Wildman–Crippen MR) is 109 cm³/mol. The van der Waals surface area contributed by atoms with E-state index in [4.69, 9.17) is 4.74 Å². The number of benzene rings is 2. The number of carbonyl (C=O) groups is 2. The van der Waals surface area contributed by atoms with Crippen LogP contribution >= 0.6 is 0 Å². The van der Waals surface area contributed by atoms with Gasteiger partial charge in [0.1, 0.15) is 0 Å². The molecule has 2 aromatic carbocycles. The fourth-order valence-corrected chi connectivity index (χ4v) is 3.77. The highest BCUT2D eigenvalue weighted by Crippen LogP contribution is 2.20. The van der Waals surface area contributed by atoms with Gasteiger partial charge in [0.15, 0.2) is 6.10 Å². The molecule has 0 radical (unpaired) electrons. The molecule has 1 heterocycles. The summed E-state index contributed by atoms with van der Waals surface area (Å²) in [6.07, 6.45) is 0.509. The van der Waals surface area contributed by atoms with Gasteiger partial charge in [-0.25, -0.2) is 4.79 Å². The third-order valence-corrected chi connectivity index (χ3v) is 5.34. The van der Waals surface area contributed by atoms with E-state index >= 15 is 0 Å². The van der Waals surface area contributed by atoms with Gasteiger partial charge in [-0.1, -0.05) is 62.4 Å². The highest BCUT2D eigenvalue weighted by atomic mass is 16.5. The first-order chi connectivity index (χ1) is 13.6. The van der Waals surface area contributed by atoms with Gasteiger partial charge in [0.25, 0.3) is 5.91 Å². The van der Waals surface area contributed by atoms with Crippen molar-refractivity contribution in [2.75, 3.05) is 19.6 Å².